The number of carbonyl (C=O) groups is 1. The van der Waals surface area contributed by atoms with E-state index in [0.29, 0.717) is 12.0 Å². The minimum Gasteiger partial charge on any atom is -0.353 e. The minimum atomic E-state index is 0.216. The topological polar surface area (TPSA) is 41.1 Å². The van der Waals surface area contributed by atoms with Gasteiger partial charge in [-0.2, -0.15) is 0 Å². The Bertz CT molecular complexity index is 248. The number of carbonyl (C=O) groups excluding carboxylic acids is 1. The molecule has 0 aromatic carbocycles. The van der Waals surface area contributed by atoms with Crippen LogP contribution in [0.15, 0.2) is 0 Å². The summed E-state index contributed by atoms with van der Waals surface area (Å²) in [6.07, 6.45) is 4.71. The Morgan fingerprint density at radius 1 is 1.38 bits per heavy atom. The van der Waals surface area contributed by atoms with Crippen molar-refractivity contribution >= 4 is 5.91 Å². The molecule has 3 nitrogen and oxygen atoms in total. The van der Waals surface area contributed by atoms with Crippen LogP contribution in [0.2, 0.25) is 0 Å². The summed E-state index contributed by atoms with van der Waals surface area (Å²) in [4.78, 5) is 12.0. The van der Waals surface area contributed by atoms with Crippen molar-refractivity contribution < 1.29 is 4.79 Å². The van der Waals surface area contributed by atoms with Crippen LogP contribution in [-0.4, -0.2) is 25.0 Å². The summed E-state index contributed by atoms with van der Waals surface area (Å²) < 4.78 is 0. The van der Waals surface area contributed by atoms with Crippen molar-refractivity contribution in [3.05, 3.63) is 0 Å². The van der Waals surface area contributed by atoms with E-state index in [1.807, 2.05) is 0 Å². The second kappa shape index (κ2) is 5.17. The molecule has 3 heteroatoms. The van der Waals surface area contributed by atoms with Crippen LogP contribution in [0.25, 0.3) is 0 Å². The van der Waals surface area contributed by atoms with Crippen molar-refractivity contribution in [3.8, 4) is 0 Å². The van der Waals surface area contributed by atoms with Gasteiger partial charge < -0.3 is 10.6 Å². The molecule has 1 amide bonds. The molecule has 1 saturated carbocycles. The Kier molecular flexibility index (Phi) is 3.85. The third-order valence-electron chi connectivity index (χ3n) is 4.51. The molecule has 2 aliphatic rings. The second-order valence-electron chi connectivity index (χ2n) is 5.41. The van der Waals surface area contributed by atoms with Crippen LogP contribution in [0.1, 0.15) is 39.5 Å². The summed E-state index contributed by atoms with van der Waals surface area (Å²) in [7, 11) is 0. The predicted molar refractivity (Wildman–Crippen MR) is 65.1 cm³/mol. The van der Waals surface area contributed by atoms with Gasteiger partial charge in [0.2, 0.25) is 5.91 Å². The highest BCUT2D eigenvalue weighted by Gasteiger charge is 2.34. The van der Waals surface area contributed by atoms with Gasteiger partial charge in [0, 0.05) is 12.6 Å². The Labute approximate surface area is 98.4 Å². The molecule has 16 heavy (non-hydrogen) atoms. The lowest BCUT2D eigenvalue weighted by molar-refractivity contribution is -0.125. The van der Waals surface area contributed by atoms with Crippen molar-refractivity contribution in [1.29, 1.82) is 0 Å². The first kappa shape index (κ1) is 11.9. The number of amides is 1. The SMILES string of the molecule is CCC1CCC(NC(=O)C2CCNC2)C1C. The van der Waals surface area contributed by atoms with E-state index < -0.39 is 0 Å². The average Bonchev–Trinajstić information content (AvgIpc) is 2.89. The molecule has 1 aliphatic heterocycles. The van der Waals surface area contributed by atoms with E-state index in [9.17, 15) is 4.79 Å². The number of hydrogen-bond acceptors (Lipinski definition) is 2. The first-order valence-corrected chi connectivity index (χ1v) is 6.73. The summed E-state index contributed by atoms with van der Waals surface area (Å²) in [5, 5.41) is 6.50. The minimum absolute atomic E-state index is 0.216. The molecule has 2 fully saturated rings. The van der Waals surface area contributed by atoms with Crippen LogP contribution in [0.5, 0.6) is 0 Å². The number of hydrogen-bond donors (Lipinski definition) is 2. The number of rotatable bonds is 3. The first-order chi connectivity index (χ1) is 7.72. The predicted octanol–water partition coefficient (Wildman–Crippen LogP) is 1.54. The van der Waals surface area contributed by atoms with Gasteiger partial charge in [0.15, 0.2) is 0 Å². The molecule has 2 N–H and O–H groups in total. The van der Waals surface area contributed by atoms with Crippen molar-refractivity contribution in [1.82, 2.24) is 10.6 Å². The van der Waals surface area contributed by atoms with E-state index in [2.05, 4.69) is 24.5 Å². The molecule has 1 heterocycles. The smallest absolute Gasteiger partial charge is 0.224 e. The summed E-state index contributed by atoms with van der Waals surface area (Å²) >= 11 is 0. The molecule has 1 saturated heterocycles. The van der Waals surface area contributed by atoms with E-state index in [-0.39, 0.29) is 11.8 Å². The molecule has 4 unspecified atom stereocenters. The Morgan fingerprint density at radius 3 is 2.75 bits per heavy atom. The lowest BCUT2D eigenvalue weighted by Crippen LogP contribution is -2.41. The molecule has 0 aromatic rings. The van der Waals surface area contributed by atoms with E-state index in [1.165, 1.54) is 19.3 Å². The van der Waals surface area contributed by atoms with Crippen LogP contribution in [-0.2, 0) is 4.79 Å². The van der Waals surface area contributed by atoms with Gasteiger partial charge in [-0.1, -0.05) is 20.3 Å². The molecule has 0 spiro atoms. The molecular weight excluding hydrogens is 200 g/mol. The fourth-order valence-corrected chi connectivity index (χ4v) is 3.21. The van der Waals surface area contributed by atoms with Crippen LogP contribution < -0.4 is 10.6 Å². The van der Waals surface area contributed by atoms with Crippen LogP contribution in [0.4, 0.5) is 0 Å². The van der Waals surface area contributed by atoms with E-state index >= 15 is 0 Å². The number of nitrogens with one attached hydrogen (secondary N) is 2. The zero-order valence-corrected chi connectivity index (χ0v) is 10.5. The van der Waals surface area contributed by atoms with Gasteiger partial charge >= 0.3 is 0 Å². The third kappa shape index (κ3) is 2.40. The van der Waals surface area contributed by atoms with Crippen molar-refractivity contribution in [3.63, 3.8) is 0 Å². The maximum atomic E-state index is 12.0. The summed E-state index contributed by atoms with van der Waals surface area (Å²) in [5.41, 5.74) is 0. The Hall–Kier alpha value is -0.570. The zero-order chi connectivity index (χ0) is 11.5. The zero-order valence-electron chi connectivity index (χ0n) is 10.5. The van der Waals surface area contributed by atoms with Crippen LogP contribution in [0.3, 0.4) is 0 Å². The lowest BCUT2D eigenvalue weighted by atomic mass is 9.93. The van der Waals surface area contributed by atoms with Gasteiger partial charge in [-0.25, -0.2) is 0 Å². The highest BCUT2D eigenvalue weighted by molar-refractivity contribution is 5.79. The maximum absolute atomic E-state index is 12.0. The van der Waals surface area contributed by atoms with Crippen molar-refractivity contribution in [2.75, 3.05) is 13.1 Å². The van der Waals surface area contributed by atoms with E-state index in [1.54, 1.807) is 0 Å². The summed E-state index contributed by atoms with van der Waals surface area (Å²) in [6.45, 7) is 6.41. The molecule has 4 atom stereocenters. The molecule has 0 bridgehead atoms. The average molecular weight is 224 g/mol. The molecule has 0 aromatic heterocycles. The summed E-state index contributed by atoms with van der Waals surface area (Å²) in [6, 6.07) is 0.429. The van der Waals surface area contributed by atoms with Gasteiger partial charge in [-0.15, -0.1) is 0 Å². The highest BCUT2D eigenvalue weighted by atomic mass is 16.2. The van der Waals surface area contributed by atoms with Gasteiger partial charge in [-0.05, 0) is 37.6 Å². The van der Waals surface area contributed by atoms with Gasteiger partial charge in [0.1, 0.15) is 0 Å². The molecular formula is C13H24N2O. The van der Waals surface area contributed by atoms with Gasteiger partial charge in [0.05, 0.1) is 5.92 Å². The Morgan fingerprint density at radius 2 is 2.19 bits per heavy atom. The molecule has 2 rings (SSSR count). The fraction of sp³-hybridized carbons (Fsp3) is 0.923. The van der Waals surface area contributed by atoms with Crippen LogP contribution >= 0.6 is 0 Å². The van der Waals surface area contributed by atoms with Crippen molar-refractivity contribution in [2.45, 2.75) is 45.6 Å². The largest absolute Gasteiger partial charge is 0.353 e. The van der Waals surface area contributed by atoms with Gasteiger partial charge in [0.25, 0.3) is 0 Å². The normalized spacial score (nSPS) is 38.9. The quantitative estimate of drug-likeness (QED) is 0.763. The maximum Gasteiger partial charge on any atom is 0.224 e. The standard InChI is InChI=1S/C13H24N2O/c1-3-10-4-5-12(9(10)2)15-13(16)11-6-7-14-8-11/h9-12,14H,3-8H2,1-2H3,(H,15,16). The van der Waals surface area contributed by atoms with Crippen molar-refractivity contribution in [2.24, 2.45) is 17.8 Å². The monoisotopic (exact) mass is 224 g/mol. The van der Waals surface area contributed by atoms with E-state index in [4.69, 9.17) is 0 Å². The first-order valence-electron chi connectivity index (χ1n) is 6.73. The van der Waals surface area contributed by atoms with E-state index in [0.717, 1.165) is 25.4 Å². The third-order valence-corrected chi connectivity index (χ3v) is 4.51. The summed E-state index contributed by atoms with van der Waals surface area (Å²) in [5.74, 6) is 1.96. The molecule has 92 valence electrons. The Balaban J connectivity index is 1.83. The fourth-order valence-electron chi connectivity index (χ4n) is 3.21. The lowest BCUT2D eigenvalue weighted by Gasteiger charge is -2.22. The highest BCUT2D eigenvalue weighted by Crippen LogP contribution is 2.34. The van der Waals surface area contributed by atoms with Gasteiger partial charge in [-0.3, -0.25) is 4.79 Å². The molecule has 0 radical (unpaired) electrons. The second-order valence-corrected chi connectivity index (χ2v) is 5.41. The van der Waals surface area contributed by atoms with Crippen LogP contribution in [0, 0.1) is 17.8 Å². The molecule has 1 aliphatic carbocycles.